The number of benzene rings is 2. The first-order valence-electron chi connectivity index (χ1n) is 11.1. The molecule has 2 aromatic carbocycles. The summed E-state index contributed by atoms with van der Waals surface area (Å²) in [5.74, 6) is 0.0342. The van der Waals surface area contributed by atoms with Gasteiger partial charge in [0.2, 0.25) is 0 Å². The average Bonchev–Trinajstić information content (AvgIpc) is 2.80. The summed E-state index contributed by atoms with van der Waals surface area (Å²) in [5, 5.41) is 10.9. The molecule has 0 aromatic heterocycles. The molecule has 160 valence electrons. The first-order chi connectivity index (χ1) is 14.6. The van der Waals surface area contributed by atoms with Crippen molar-refractivity contribution in [3.05, 3.63) is 65.7 Å². The van der Waals surface area contributed by atoms with E-state index in [0.717, 1.165) is 52.4 Å². The van der Waals surface area contributed by atoms with Crippen molar-refractivity contribution in [1.82, 2.24) is 4.90 Å². The van der Waals surface area contributed by atoms with Gasteiger partial charge in [0.15, 0.2) is 5.78 Å². The third-order valence-electron chi connectivity index (χ3n) is 6.40. The Morgan fingerprint density at radius 1 is 0.933 bits per heavy atom. The van der Waals surface area contributed by atoms with Crippen LogP contribution in [0.4, 0.5) is 5.69 Å². The lowest BCUT2D eigenvalue weighted by atomic mass is 9.85. The smallest absolute Gasteiger partial charge is 0.165 e. The van der Waals surface area contributed by atoms with E-state index in [2.05, 4.69) is 34.1 Å². The van der Waals surface area contributed by atoms with Gasteiger partial charge >= 0.3 is 0 Å². The van der Waals surface area contributed by atoms with Gasteiger partial charge in [0.25, 0.3) is 0 Å². The minimum atomic E-state index is -0.872. The van der Waals surface area contributed by atoms with Gasteiger partial charge in [0.05, 0.1) is 18.8 Å². The summed E-state index contributed by atoms with van der Waals surface area (Å²) < 4.78 is 5.43. The summed E-state index contributed by atoms with van der Waals surface area (Å²) in [5.41, 5.74) is 2.43. The highest BCUT2D eigenvalue weighted by Gasteiger charge is 2.34. The maximum atomic E-state index is 12.5. The summed E-state index contributed by atoms with van der Waals surface area (Å²) in [4.78, 5) is 17.2. The zero-order valence-corrected chi connectivity index (χ0v) is 17.6. The molecule has 0 aliphatic carbocycles. The number of hydrogen-bond donors (Lipinski definition) is 1. The van der Waals surface area contributed by atoms with Crippen molar-refractivity contribution in [2.24, 2.45) is 0 Å². The van der Waals surface area contributed by atoms with E-state index in [-0.39, 0.29) is 12.2 Å². The Bertz CT molecular complexity index is 808. The van der Waals surface area contributed by atoms with Crippen molar-refractivity contribution in [3.63, 3.8) is 0 Å². The molecule has 2 aliphatic rings. The molecule has 5 nitrogen and oxygen atoms in total. The molecular formula is C25H32N2O3. The molecule has 0 spiro atoms. The molecule has 0 unspecified atom stereocenters. The van der Waals surface area contributed by atoms with Crippen LogP contribution < -0.4 is 4.90 Å². The second-order valence-electron chi connectivity index (χ2n) is 8.55. The van der Waals surface area contributed by atoms with Gasteiger partial charge < -0.3 is 19.6 Å². The Labute approximate surface area is 179 Å². The Morgan fingerprint density at radius 3 is 2.27 bits per heavy atom. The van der Waals surface area contributed by atoms with Crippen LogP contribution in [0.3, 0.4) is 0 Å². The number of carbonyl (C=O) groups excluding carboxylic acids is 1. The molecule has 0 bridgehead atoms. The molecule has 0 amide bonds. The van der Waals surface area contributed by atoms with E-state index in [1.54, 1.807) is 0 Å². The summed E-state index contributed by atoms with van der Waals surface area (Å²) in [6, 6.07) is 18.2. The highest BCUT2D eigenvalue weighted by molar-refractivity contribution is 5.96. The number of likely N-dealkylation sites (tertiary alicyclic amines) is 1. The Hall–Kier alpha value is -2.21. The third kappa shape index (κ3) is 5.48. The van der Waals surface area contributed by atoms with Gasteiger partial charge in [-0.2, -0.15) is 0 Å². The number of hydrogen-bond acceptors (Lipinski definition) is 5. The molecule has 30 heavy (non-hydrogen) atoms. The minimum Gasteiger partial charge on any atom is -0.389 e. The highest BCUT2D eigenvalue weighted by atomic mass is 16.5. The predicted octanol–water partition coefficient (Wildman–Crippen LogP) is 3.17. The Kier molecular flexibility index (Phi) is 6.82. The fourth-order valence-corrected chi connectivity index (χ4v) is 4.38. The number of morpholine rings is 1. The molecule has 1 N–H and O–H groups in total. The van der Waals surface area contributed by atoms with Crippen LogP contribution in [0.5, 0.6) is 0 Å². The minimum absolute atomic E-state index is 0.0342. The molecule has 2 fully saturated rings. The zero-order chi connectivity index (χ0) is 20.8. The van der Waals surface area contributed by atoms with Crippen LogP contribution in [0.15, 0.2) is 54.6 Å². The monoisotopic (exact) mass is 408 g/mol. The van der Waals surface area contributed by atoms with Crippen LogP contribution in [0.1, 0.15) is 35.2 Å². The van der Waals surface area contributed by atoms with Crippen molar-refractivity contribution >= 4 is 11.5 Å². The largest absolute Gasteiger partial charge is 0.389 e. The van der Waals surface area contributed by atoms with Gasteiger partial charge in [-0.05, 0) is 37.0 Å². The predicted molar refractivity (Wildman–Crippen MR) is 119 cm³/mol. The second-order valence-corrected chi connectivity index (χ2v) is 8.55. The number of rotatable bonds is 7. The highest BCUT2D eigenvalue weighted by Crippen LogP contribution is 2.27. The maximum Gasteiger partial charge on any atom is 0.165 e. The summed E-state index contributed by atoms with van der Waals surface area (Å²) in [6.45, 7) is 6.19. The molecule has 0 atom stereocenters. The lowest BCUT2D eigenvalue weighted by molar-refractivity contribution is -0.0221. The van der Waals surface area contributed by atoms with Crippen LogP contribution in [-0.2, 0) is 11.2 Å². The normalized spacial score (nSPS) is 19.6. The fraction of sp³-hybridized carbons (Fsp3) is 0.480. The molecule has 2 aliphatic heterocycles. The Morgan fingerprint density at radius 2 is 1.60 bits per heavy atom. The van der Waals surface area contributed by atoms with Crippen molar-refractivity contribution in [1.29, 1.82) is 0 Å². The molecule has 4 rings (SSSR count). The molecule has 0 radical (unpaired) electrons. The number of aliphatic hydroxyl groups is 1. The lowest BCUT2D eigenvalue weighted by Gasteiger charge is -2.38. The van der Waals surface area contributed by atoms with Gasteiger partial charge in [-0.1, -0.05) is 42.5 Å². The van der Waals surface area contributed by atoms with Crippen LogP contribution >= 0.6 is 0 Å². The van der Waals surface area contributed by atoms with Crippen molar-refractivity contribution in [2.45, 2.75) is 31.3 Å². The van der Waals surface area contributed by atoms with Gasteiger partial charge in [-0.25, -0.2) is 0 Å². The van der Waals surface area contributed by atoms with Crippen molar-refractivity contribution < 1.29 is 14.6 Å². The number of anilines is 1. The van der Waals surface area contributed by atoms with E-state index in [0.29, 0.717) is 18.4 Å². The van der Waals surface area contributed by atoms with E-state index in [9.17, 15) is 9.90 Å². The lowest BCUT2D eigenvalue weighted by Crippen LogP contribution is -2.46. The number of nitrogens with zero attached hydrogens (tertiary/aromatic N) is 2. The fourth-order valence-electron chi connectivity index (χ4n) is 4.38. The number of ketones is 1. The number of Topliss-reactive ketones (excluding diaryl/α,β-unsaturated/α-hetero) is 1. The molecule has 2 saturated heterocycles. The number of carbonyl (C=O) groups is 1. The SMILES string of the molecule is O=C(CC1(O)CCN(CCc2ccc(N3CCOCC3)cc2)CC1)c1ccccc1. The molecular weight excluding hydrogens is 376 g/mol. The van der Waals surface area contributed by atoms with Crippen molar-refractivity contribution in [2.75, 3.05) is 50.8 Å². The summed E-state index contributed by atoms with van der Waals surface area (Å²) >= 11 is 0. The van der Waals surface area contributed by atoms with Gasteiger partial charge in [-0.15, -0.1) is 0 Å². The van der Waals surface area contributed by atoms with E-state index < -0.39 is 5.60 Å². The van der Waals surface area contributed by atoms with Crippen LogP contribution in [0, 0.1) is 0 Å². The number of ether oxygens (including phenoxy) is 1. The average molecular weight is 409 g/mol. The topological polar surface area (TPSA) is 53.0 Å². The van der Waals surface area contributed by atoms with Gasteiger partial charge in [0, 0.05) is 50.4 Å². The molecule has 2 aromatic rings. The standard InChI is InChI=1S/C25H32N2O3/c28-24(22-4-2-1-3-5-22)20-25(29)11-14-26(15-12-25)13-10-21-6-8-23(9-7-21)27-16-18-30-19-17-27/h1-9,29H,10-20H2. The third-order valence-corrected chi connectivity index (χ3v) is 6.40. The van der Waals surface area contributed by atoms with Gasteiger partial charge in [0.1, 0.15) is 0 Å². The summed E-state index contributed by atoms with van der Waals surface area (Å²) in [7, 11) is 0. The van der Waals surface area contributed by atoms with Gasteiger partial charge in [-0.3, -0.25) is 4.79 Å². The Balaban J connectivity index is 1.22. The first-order valence-corrected chi connectivity index (χ1v) is 11.1. The number of piperidine rings is 1. The zero-order valence-electron chi connectivity index (χ0n) is 17.6. The van der Waals surface area contributed by atoms with Crippen molar-refractivity contribution in [3.8, 4) is 0 Å². The van der Waals surface area contributed by atoms with Crippen LogP contribution in [0.2, 0.25) is 0 Å². The van der Waals surface area contributed by atoms with Crippen LogP contribution in [-0.4, -0.2) is 67.3 Å². The van der Waals surface area contributed by atoms with E-state index in [1.807, 2.05) is 30.3 Å². The van der Waals surface area contributed by atoms with E-state index in [1.165, 1.54) is 11.3 Å². The summed E-state index contributed by atoms with van der Waals surface area (Å²) in [6.07, 6.45) is 2.53. The molecule has 0 saturated carbocycles. The second kappa shape index (κ2) is 9.73. The molecule has 5 heteroatoms. The molecule has 2 heterocycles. The quantitative estimate of drug-likeness (QED) is 0.714. The first kappa shape index (κ1) is 21.0. The maximum absolute atomic E-state index is 12.5. The van der Waals surface area contributed by atoms with Crippen LogP contribution in [0.25, 0.3) is 0 Å². The van der Waals surface area contributed by atoms with E-state index >= 15 is 0 Å². The van der Waals surface area contributed by atoms with E-state index in [4.69, 9.17) is 4.74 Å².